The van der Waals surface area contributed by atoms with Crippen molar-refractivity contribution in [3.8, 4) is 11.5 Å². The van der Waals surface area contributed by atoms with Gasteiger partial charge >= 0.3 is 6.18 Å². The van der Waals surface area contributed by atoms with Crippen molar-refractivity contribution in [1.82, 2.24) is 5.32 Å². The maximum atomic E-state index is 12.1. The fourth-order valence-electron chi connectivity index (χ4n) is 2.12. The van der Waals surface area contributed by atoms with E-state index in [0.29, 0.717) is 5.75 Å². The maximum Gasteiger partial charge on any atom is 0.422 e. The van der Waals surface area contributed by atoms with E-state index in [4.69, 9.17) is 4.74 Å². The first-order valence-electron chi connectivity index (χ1n) is 8.12. The predicted molar refractivity (Wildman–Crippen MR) is 91.2 cm³/mol. The van der Waals surface area contributed by atoms with Crippen LogP contribution in [0.3, 0.4) is 0 Å². The zero-order valence-electron chi connectivity index (χ0n) is 14.3. The molecule has 0 bridgehead atoms. The second-order valence-corrected chi connectivity index (χ2v) is 5.61. The molecule has 0 heterocycles. The Morgan fingerprint density at radius 1 is 1.00 bits per heavy atom. The first kappa shape index (κ1) is 19.6. The quantitative estimate of drug-likeness (QED) is 0.770. The van der Waals surface area contributed by atoms with Gasteiger partial charge in [-0.3, -0.25) is 4.79 Å². The van der Waals surface area contributed by atoms with Gasteiger partial charge in [0.2, 0.25) is 0 Å². The van der Waals surface area contributed by atoms with Gasteiger partial charge in [-0.1, -0.05) is 31.2 Å². The minimum Gasteiger partial charge on any atom is -0.484 e. The summed E-state index contributed by atoms with van der Waals surface area (Å²) in [7, 11) is 0. The van der Waals surface area contributed by atoms with Crippen LogP contribution >= 0.6 is 0 Å². The van der Waals surface area contributed by atoms with E-state index < -0.39 is 12.8 Å². The number of ether oxygens (including phenoxy) is 2. The average molecular weight is 367 g/mol. The summed E-state index contributed by atoms with van der Waals surface area (Å²) in [5, 5.41) is 2.69. The van der Waals surface area contributed by atoms with Gasteiger partial charge < -0.3 is 14.8 Å². The minimum absolute atomic E-state index is 0.111. The molecule has 2 aromatic carbocycles. The van der Waals surface area contributed by atoms with Crippen LogP contribution in [-0.4, -0.2) is 25.3 Å². The third kappa shape index (κ3) is 7.04. The third-order valence-electron chi connectivity index (χ3n) is 3.49. The molecule has 0 atom stereocenters. The van der Waals surface area contributed by atoms with Crippen LogP contribution in [0.15, 0.2) is 48.5 Å². The number of hydrogen-bond acceptors (Lipinski definition) is 3. The third-order valence-corrected chi connectivity index (χ3v) is 3.49. The fourth-order valence-corrected chi connectivity index (χ4v) is 2.12. The van der Waals surface area contributed by atoms with E-state index >= 15 is 0 Å². The highest BCUT2D eigenvalue weighted by molar-refractivity contribution is 5.77. The van der Waals surface area contributed by atoms with Crippen molar-refractivity contribution < 1.29 is 27.4 Å². The first-order valence-corrected chi connectivity index (χ1v) is 8.12. The molecule has 0 aliphatic carbocycles. The summed E-state index contributed by atoms with van der Waals surface area (Å²) in [6.45, 7) is 0.835. The lowest BCUT2D eigenvalue weighted by Gasteiger charge is -2.10. The molecule has 0 saturated carbocycles. The van der Waals surface area contributed by atoms with Gasteiger partial charge in [-0.2, -0.15) is 13.2 Å². The van der Waals surface area contributed by atoms with Gasteiger partial charge in [-0.05, 0) is 41.8 Å². The Labute approximate surface area is 149 Å². The van der Waals surface area contributed by atoms with Gasteiger partial charge in [0, 0.05) is 6.54 Å². The molecule has 0 saturated heterocycles. The van der Waals surface area contributed by atoms with E-state index in [-0.39, 0.29) is 24.8 Å². The molecule has 0 radical (unpaired) electrons. The Balaban J connectivity index is 1.74. The summed E-state index contributed by atoms with van der Waals surface area (Å²) in [5.74, 6) is 0.464. The summed E-state index contributed by atoms with van der Waals surface area (Å²) in [4.78, 5) is 11.8. The summed E-state index contributed by atoms with van der Waals surface area (Å²) in [5.41, 5.74) is 1.86. The zero-order chi connectivity index (χ0) is 19.0. The Hall–Kier alpha value is -2.70. The van der Waals surface area contributed by atoms with E-state index in [2.05, 4.69) is 10.1 Å². The molecule has 26 heavy (non-hydrogen) atoms. The van der Waals surface area contributed by atoms with E-state index in [1.165, 1.54) is 12.1 Å². The van der Waals surface area contributed by atoms with Gasteiger partial charge in [0.25, 0.3) is 5.91 Å². The Kier molecular flexibility index (Phi) is 6.89. The Morgan fingerprint density at radius 3 is 2.38 bits per heavy atom. The molecule has 2 rings (SSSR count). The standard InChI is InChI=1S/C19H20F3NO3/c1-2-14-4-3-5-17(10-14)25-12-18(24)23-11-15-6-8-16(9-7-15)26-13-19(20,21)22/h3-10H,2,11-13H2,1H3,(H,23,24). The average Bonchev–Trinajstić information content (AvgIpc) is 2.63. The van der Waals surface area contributed by atoms with Gasteiger partial charge in [0.15, 0.2) is 13.2 Å². The molecule has 0 spiro atoms. The number of hydrogen-bond donors (Lipinski definition) is 1. The van der Waals surface area contributed by atoms with Crippen LogP contribution < -0.4 is 14.8 Å². The van der Waals surface area contributed by atoms with E-state index in [9.17, 15) is 18.0 Å². The van der Waals surface area contributed by atoms with E-state index in [0.717, 1.165) is 17.5 Å². The monoisotopic (exact) mass is 367 g/mol. The zero-order valence-corrected chi connectivity index (χ0v) is 14.3. The van der Waals surface area contributed by atoms with Gasteiger partial charge in [0.1, 0.15) is 11.5 Å². The van der Waals surface area contributed by atoms with E-state index in [1.54, 1.807) is 18.2 Å². The smallest absolute Gasteiger partial charge is 0.422 e. The van der Waals surface area contributed by atoms with Gasteiger partial charge in [-0.15, -0.1) is 0 Å². The van der Waals surface area contributed by atoms with Crippen LogP contribution in [0.4, 0.5) is 13.2 Å². The lowest BCUT2D eigenvalue weighted by molar-refractivity contribution is -0.153. The largest absolute Gasteiger partial charge is 0.484 e. The second kappa shape index (κ2) is 9.12. The molecule has 4 nitrogen and oxygen atoms in total. The normalized spacial score (nSPS) is 11.1. The van der Waals surface area contributed by atoms with Crippen molar-refractivity contribution in [3.05, 3.63) is 59.7 Å². The molecule has 0 unspecified atom stereocenters. The van der Waals surface area contributed by atoms with Crippen LogP contribution in [0.25, 0.3) is 0 Å². The summed E-state index contributed by atoms with van der Waals surface area (Å²) < 4.78 is 46.3. The van der Waals surface area contributed by atoms with Crippen molar-refractivity contribution in [1.29, 1.82) is 0 Å². The maximum absolute atomic E-state index is 12.1. The van der Waals surface area contributed by atoms with Crippen LogP contribution in [0.5, 0.6) is 11.5 Å². The number of halogens is 3. The SMILES string of the molecule is CCc1cccc(OCC(=O)NCc2ccc(OCC(F)(F)F)cc2)c1. The van der Waals surface area contributed by atoms with Crippen LogP contribution in [0, 0.1) is 0 Å². The van der Waals surface area contributed by atoms with Crippen LogP contribution in [0.1, 0.15) is 18.1 Å². The van der Waals surface area contributed by atoms with Gasteiger partial charge in [-0.25, -0.2) is 0 Å². The highest BCUT2D eigenvalue weighted by atomic mass is 19.4. The molecule has 1 N–H and O–H groups in total. The molecular formula is C19H20F3NO3. The number of alkyl halides is 3. The lowest BCUT2D eigenvalue weighted by atomic mass is 10.2. The Morgan fingerprint density at radius 2 is 1.73 bits per heavy atom. The highest BCUT2D eigenvalue weighted by Gasteiger charge is 2.28. The molecule has 1 amide bonds. The number of carbonyl (C=O) groups is 1. The number of aryl methyl sites for hydroxylation is 1. The molecule has 7 heteroatoms. The van der Waals surface area contributed by atoms with Crippen LogP contribution in [-0.2, 0) is 17.8 Å². The number of rotatable bonds is 8. The summed E-state index contributed by atoms with van der Waals surface area (Å²) >= 11 is 0. The lowest BCUT2D eigenvalue weighted by Crippen LogP contribution is -2.28. The molecule has 0 aromatic heterocycles. The van der Waals surface area contributed by atoms with Crippen molar-refractivity contribution in [2.75, 3.05) is 13.2 Å². The van der Waals surface area contributed by atoms with Crippen molar-refractivity contribution >= 4 is 5.91 Å². The summed E-state index contributed by atoms with van der Waals surface area (Å²) in [6.07, 6.45) is -3.49. The minimum atomic E-state index is -4.37. The number of amides is 1. The topological polar surface area (TPSA) is 47.6 Å². The molecule has 0 aliphatic heterocycles. The number of nitrogens with one attached hydrogen (secondary N) is 1. The Bertz CT molecular complexity index is 715. The predicted octanol–water partition coefficient (Wildman–Crippen LogP) is 3.89. The molecular weight excluding hydrogens is 347 g/mol. The number of carbonyl (C=O) groups excluding carboxylic acids is 1. The van der Waals surface area contributed by atoms with Crippen molar-refractivity contribution in [3.63, 3.8) is 0 Å². The van der Waals surface area contributed by atoms with Crippen molar-refractivity contribution in [2.24, 2.45) is 0 Å². The molecule has 2 aromatic rings. The van der Waals surface area contributed by atoms with Gasteiger partial charge in [0.05, 0.1) is 0 Å². The summed E-state index contributed by atoms with van der Waals surface area (Å²) in [6, 6.07) is 13.6. The fraction of sp³-hybridized carbons (Fsp3) is 0.316. The molecule has 0 fully saturated rings. The van der Waals surface area contributed by atoms with Crippen LogP contribution in [0.2, 0.25) is 0 Å². The first-order chi connectivity index (χ1) is 12.4. The highest BCUT2D eigenvalue weighted by Crippen LogP contribution is 2.19. The molecule has 140 valence electrons. The number of benzene rings is 2. The molecule has 0 aliphatic rings. The van der Waals surface area contributed by atoms with Crippen molar-refractivity contribution in [2.45, 2.75) is 26.1 Å². The van der Waals surface area contributed by atoms with E-state index in [1.807, 2.05) is 25.1 Å². The second-order valence-electron chi connectivity index (χ2n) is 5.61.